The molecule has 0 aromatic heterocycles. The summed E-state index contributed by atoms with van der Waals surface area (Å²) in [6, 6.07) is 8.02. The first-order valence-electron chi connectivity index (χ1n) is 10.6. The minimum absolute atomic E-state index is 0.0295. The van der Waals surface area contributed by atoms with Gasteiger partial charge in [-0.2, -0.15) is 0 Å². The summed E-state index contributed by atoms with van der Waals surface area (Å²) in [4.78, 5) is 38.8. The van der Waals surface area contributed by atoms with Crippen molar-refractivity contribution in [3.05, 3.63) is 35.4 Å². The zero-order valence-corrected chi connectivity index (χ0v) is 17.6. The van der Waals surface area contributed by atoms with E-state index in [9.17, 15) is 14.4 Å². The Morgan fingerprint density at radius 1 is 1.21 bits per heavy atom. The molecule has 3 rings (SSSR count). The number of nitrogens with zero attached hydrogens (tertiary/aromatic N) is 1. The first-order valence-corrected chi connectivity index (χ1v) is 10.6. The fourth-order valence-corrected chi connectivity index (χ4v) is 4.51. The van der Waals surface area contributed by atoms with E-state index in [-0.39, 0.29) is 30.9 Å². The van der Waals surface area contributed by atoms with Crippen LogP contribution in [-0.2, 0) is 25.7 Å². The average molecular weight is 401 g/mol. The normalized spacial score (nSPS) is 27.0. The molecule has 1 N–H and O–H groups in total. The number of rotatable bonds is 6. The van der Waals surface area contributed by atoms with Crippen LogP contribution in [0.3, 0.4) is 0 Å². The molecule has 2 aliphatic rings. The molecule has 1 aromatic carbocycles. The van der Waals surface area contributed by atoms with Crippen molar-refractivity contribution in [2.45, 2.75) is 59.0 Å². The topological polar surface area (TPSA) is 75.7 Å². The van der Waals surface area contributed by atoms with E-state index in [1.165, 1.54) is 6.42 Å². The second-order valence-electron chi connectivity index (χ2n) is 8.59. The Labute approximate surface area is 173 Å². The number of hydrogen-bond donors (Lipinski definition) is 1. The van der Waals surface area contributed by atoms with Crippen LogP contribution in [-0.4, -0.2) is 41.9 Å². The Morgan fingerprint density at radius 2 is 1.97 bits per heavy atom. The highest BCUT2D eigenvalue weighted by Crippen LogP contribution is 2.35. The quantitative estimate of drug-likeness (QED) is 0.745. The predicted octanol–water partition coefficient (Wildman–Crippen LogP) is 2.83. The summed E-state index contributed by atoms with van der Waals surface area (Å²) in [5, 5.41) is 2.77. The fraction of sp³-hybridized carbons (Fsp3) is 0.609. The van der Waals surface area contributed by atoms with Crippen LogP contribution in [0.2, 0.25) is 0 Å². The van der Waals surface area contributed by atoms with E-state index in [2.05, 4.69) is 19.2 Å². The number of amides is 2. The average Bonchev–Trinajstić information content (AvgIpc) is 3.09. The molecule has 2 fully saturated rings. The van der Waals surface area contributed by atoms with E-state index in [1.54, 1.807) is 0 Å². The van der Waals surface area contributed by atoms with Crippen molar-refractivity contribution in [2.24, 2.45) is 17.8 Å². The van der Waals surface area contributed by atoms with E-state index >= 15 is 0 Å². The van der Waals surface area contributed by atoms with Crippen LogP contribution in [0.4, 0.5) is 0 Å². The van der Waals surface area contributed by atoms with Crippen molar-refractivity contribution in [1.82, 2.24) is 10.2 Å². The standard InChI is InChI=1S/C23H32N2O4/c1-15-8-6-10-20(17(15)3)25-13-19(11-22(25)27)23(28)29-14-21(26)24-12-18-9-5-4-7-16(18)2/h4-5,7,9,15,17,19-20H,6,8,10-14H2,1-3H3,(H,24,26)/t15-,17-,19+,20+/m0/s1. The highest BCUT2D eigenvalue weighted by Gasteiger charge is 2.42. The lowest BCUT2D eigenvalue weighted by Gasteiger charge is -2.39. The van der Waals surface area contributed by atoms with Crippen LogP contribution < -0.4 is 5.32 Å². The van der Waals surface area contributed by atoms with Crippen LogP contribution in [0.5, 0.6) is 0 Å². The molecule has 1 saturated carbocycles. The summed E-state index contributed by atoms with van der Waals surface area (Å²) < 4.78 is 5.21. The van der Waals surface area contributed by atoms with Gasteiger partial charge >= 0.3 is 5.97 Å². The highest BCUT2D eigenvalue weighted by molar-refractivity contribution is 5.88. The third-order valence-corrected chi connectivity index (χ3v) is 6.64. The van der Waals surface area contributed by atoms with Crippen molar-refractivity contribution < 1.29 is 19.1 Å². The number of benzene rings is 1. The molecular weight excluding hydrogens is 368 g/mol. The summed E-state index contributed by atoms with van der Waals surface area (Å²) in [5.41, 5.74) is 2.13. The maximum absolute atomic E-state index is 12.5. The van der Waals surface area contributed by atoms with Crippen LogP contribution in [0, 0.1) is 24.7 Å². The first kappa shape index (κ1) is 21.3. The maximum Gasteiger partial charge on any atom is 0.311 e. The second kappa shape index (κ2) is 9.42. The van der Waals surface area contributed by atoms with Gasteiger partial charge in [-0.25, -0.2) is 0 Å². The van der Waals surface area contributed by atoms with Crippen LogP contribution in [0.1, 0.15) is 50.7 Å². The molecule has 2 amide bonds. The van der Waals surface area contributed by atoms with Crippen LogP contribution in [0.15, 0.2) is 24.3 Å². The minimum atomic E-state index is -0.476. The zero-order chi connectivity index (χ0) is 21.0. The van der Waals surface area contributed by atoms with E-state index in [0.29, 0.717) is 24.9 Å². The van der Waals surface area contributed by atoms with Gasteiger partial charge in [0, 0.05) is 25.6 Å². The van der Waals surface area contributed by atoms with Gasteiger partial charge in [-0.1, -0.05) is 51.0 Å². The Balaban J connectivity index is 1.45. The van der Waals surface area contributed by atoms with E-state index in [4.69, 9.17) is 4.74 Å². The number of carbonyl (C=O) groups excluding carboxylic acids is 3. The monoisotopic (exact) mass is 400 g/mol. The molecule has 1 aromatic rings. The van der Waals surface area contributed by atoms with Crippen molar-refractivity contribution in [1.29, 1.82) is 0 Å². The van der Waals surface area contributed by atoms with Gasteiger partial charge in [0.05, 0.1) is 5.92 Å². The SMILES string of the molecule is Cc1ccccc1CNC(=O)COC(=O)[C@@H]1CC(=O)N([C@@H]2CCC[C@H](C)[C@@H]2C)C1. The summed E-state index contributed by atoms with van der Waals surface area (Å²) in [6.45, 7) is 6.91. The van der Waals surface area contributed by atoms with Crippen LogP contribution in [0.25, 0.3) is 0 Å². The Kier molecular flexibility index (Phi) is 6.93. The Morgan fingerprint density at radius 3 is 2.72 bits per heavy atom. The van der Waals surface area contributed by atoms with E-state index < -0.39 is 11.9 Å². The van der Waals surface area contributed by atoms with Gasteiger partial charge in [-0.3, -0.25) is 14.4 Å². The van der Waals surface area contributed by atoms with Gasteiger partial charge in [-0.05, 0) is 36.3 Å². The molecule has 0 unspecified atom stereocenters. The Hall–Kier alpha value is -2.37. The van der Waals surface area contributed by atoms with Gasteiger partial charge < -0.3 is 15.0 Å². The number of hydrogen-bond acceptors (Lipinski definition) is 4. The molecule has 6 heteroatoms. The summed E-state index contributed by atoms with van der Waals surface area (Å²) >= 11 is 0. The second-order valence-corrected chi connectivity index (χ2v) is 8.59. The molecule has 4 atom stereocenters. The summed E-state index contributed by atoms with van der Waals surface area (Å²) in [6.07, 6.45) is 3.50. The van der Waals surface area contributed by atoms with Gasteiger partial charge in [0.15, 0.2) is 6.61 Å². The molecule has 0 spiro atoms. The number of likely N-dealkylation sites (tertiary alicyclic amines) is 1. The molecule has 29 heavy (non-hydrogen) atoms. The molecule has 6 nitrogen and oxygen atoms in total. The molecule has 1 saturated heterocycles. The first-order chi connectivity index (χ1) is 13.9. The largest absolute Gasteiger partial charge is 0.455 e. The molecule has 0 bridgehead atoms. The van der Waals surface area contributed by atoms with Crippen molar-refractivity contribution in [3.63, 3.8) is 0 Å². The molecule has 0 radical (unpaired) electrons. The molecule has 1 heterocycles. The van der Waals surface area contributed by atoms with Gasteiger partial charge in [0.25, 0.3) is 5.91 Å². The summed E-state index contributed by atoms with van der Waals surface area (Å²) in [7, 11) is 0. The summed E-state index contributed by atoms with van der Waals surface area (Å²) in [5.74, 6) is -0.210. The number of esters is 1. The molecule has 1 aliphatic heterocycles. The third kappa shape index (κ3) is 5.17. The van der Waals surface area contributed by atoms with Gasteiger partial charge in [0.2, 0.25) is 5.91 Å². The minimum Gasteiger partial charge on any atom is -0.455 e. The molecule has 158 valence electrons. The number of carbonyl (C=O) groups is 3. The third-order valence-electron chi connectivity index (χ3n) is 6.64. The van der Waals surface area contributed by atoms with Gasteiger partial charge in [-0.15, -0.1) is 0 Å². The van der Waals surface area contributed by atoms with E-state index in [0.717, 1.165) is 24.0 Å². The Bertz CT molecular complexity index is 763. The predicted molar refractivity (Wildman–Crippen MR) is 110 cm³/mol. The van der Waals surface area contributed by atoms with E-state index in [1.807, 2.05) is 36.1 Å². The number of aryl methyl sites for hydroxylation is 1. The highest BCUT2D eigenvalue weighted by atomic mass is 16.5. The van der Waals surface area contributed by atoms with Crippen molar-refractivity contribution in [2.75, 3.05) is 13.2 Å². The number of ether oxygens (including phenoxy) is 1. The lowest BCUT2D eigenvalue weighted by atomic mass is 9.77. The van der Waals surface area contributed by atoms with Crippen LogP contribution >= 0.6 is 0 Å². The maximum atomic E-state index is 12.5. The molecule has 1 aliphatic carbocycles. The van der Waals surface area contributed by atoms with Gasteiger partial charge in [0.1, 0.15) is 0 Å². The van der Waals surface area contributed by atoms with Crippen molar-refractivity contribution >= 4 is 17.8 Å². The molecular formula is C23H32N2O4. The zero-order valence-electron chi connectivity index (χ0n) is 17.6. The lowest BCUT2D eigenvalue weighted by molar-refractivity contribution is -0.152. The smallest absolute Gasteiger partial charge is 0.311 e. The lowest BCUT2D eigenvalue weighted by Crippen LogP contribution is -2.45. The van der Waals surface area contributed by atoms with Crippen molar-refractivity contribution in [3.8, 4) is 0 Å². The number of nitrogens with one attached hydrogen (secondary N) is 1. The fourth-order valence-electron chi connectivity index (χ4n) is 4.51.